The molecule has 0 radical (unpaired) electrons. The molecule has 1 saturated heterocycles. The maximum atomic E-state index is 13.4. The molecule has 0 unspecified atom stereocenters. The lowest BCUT2D eigenvalue weighted by atomic mass is 10.1. The summed E-state index contributed by atoms with van der Waals surface area (Å²) in [5.74, 6) is 0.439. The van der Waals surface area contributed by atoms with Gasteiger partial charge in [0.15, 0.2) is 5.65 Å². The third-order valence-electron chi connectivity index (χ3n) is 6.10. The lowest BCUT2D eigenvalue weighted by molar-refractivity contribution is 0.0126. The molecule has 10 heteroatoms. The first-order chi connectivity index (χ1) is 16.7. The summed E-state index contributed by atoms with van der Waals surface area (Å²) >= 11 is 6.02. The summed E-state index contributed by atoms with van der Waals surface area (Å²) in [6.45, 7) is 7.50. The van der Waals surface area contributed by atoms with Crippen LogP contribution in [0.25, 0.3) is 5.65 Å². The van der Waals surface area contributed by atoms with Gasteiger partial charge in [-0.1, -0.05) is 23.7 Å². The molecule has 5 rings (SSSR count). The van der Waals surface area contributed by atoms with Gasteiger partial charge in [-0.3, -0.25) is 4.79 Å². The first-order valence-corrected chi connectivity index (χ1v) is 12.1. The molecule has 0 spiro atoms. The van der Waals surface area contributed by atoms with E-state index in [1.165, 1.54) is 0 Å². The van der Waals surface area contributed by atoms with Crippen LogP contribution in [0.5, 0.6) is 5.75 Å². The predicted octanol–water partition coefficient (Wildman–Crippen LogP) is 4.32. The number of carbonyl (C=O) groups excluding carboxylic acids is 2. The molecule has 9 nitrogen and oxygen atoms in total. The molecular formula is C25H28ClN5O4. The molecule has 1 aromatic carbocycles. The maximum Gasteiger partial charge on any atom is 0.410 e. The van der Waals surface area contributed by atoms with Gasteiger partial charge in [-0.05, 0) is 32.9 Å². The highest BCUT2D eigenvalue weighted by Gasteiger charge is 2.32. The quantitative estimate of drug-likeness (QED) is 0.535. The Bertz CT molecular complexity index is 1280. The van der Waals surface area contributed by atoms with E-state index in [-0.39, 0.29) is 18.1 Å². The number of piperidine rings is 1. The molecule has 4 heterocycles. The SMILES string of the molecule is CC(C)(C)OC(=O)N1CCC(Oc2ccccc2C(=O)N2Cc3nn4cc(Cl)cnc4c3C2)CC1. The zero-order valence-corrected chi connectivity index (χ0v) is 20.8. The number of hydrogen-bond donors (Lipinski definition) is 0. The molecule has 0 N–H and O–H groups in total. The summed E-state index contributed by atoms with van der Waals surface area (Å²) in [6, 6.07) is 7.31. The average Bonchev–Trinajstić information content (AvgIpc) is 3.36. The van der Waals surface area contributed by atoms with Crippen molar-refractivity contribution in [3.05, 3.63) is 58.5 Å². The van der Waals surface area contributed by atoms with Crippen molar-refractivity contribution < 1.29 is 19.1 Å². The van der Waals surface area contributed by atoms with Gasteiger partial charge in [0, 0.05) is 37.7 Å². The zero-order valence-electron chi connectivity index (χ0n) is 20.0. The van der Waals surface area contributed by atoms with E-state index in [4.69, 9.17) is 21.1 Å². The number of nitrogens with zero attached hydrogens (tertiary/aromatic N) is 5. The van der Waals surface area contributed by atoms with Crippen molar-refractivity contribution in [1.29, 1.82) is 0 Å². The highest BCUT2D eigenvalue weighted by Crippen LogP contribution is 2.30. The standard InChI is InChI=1S/C25H28ClN5O4/c1-25(2,3)35-24(33)29-10-8-17(9-11-29)34-21-7-5-4-6-18(21)23(32)30-14-19-20(15-30)28-31-13-16(26)12-27-22(19)31/h4-7,12-13,17H,8-11,14-15H2,1-3H3. The summed E-state index contributed by atoms with van der Waals surface area (Å²) in [6.07, 6.45) is 4.25. The van der Waals surface area contributed by atoms with E-state index in [2.05, 4.69) is 10.1 Å². The molecule has 0 aliphatic carbocycles. The van der Waals surface area contributed by atoms with E-state index >= 15 is 0 Å². The van der Waals surface area contributed by atoms with Crippen LogP contribution in [0.1, 0.15) is 55.2 Å². The number of carbonyl (C=O) groups is 2. The van der Waals surface area contributed by atoms with Crippen LogP contribution < -0.4 is 4.74 Å². The maximum absolute atomic E-state index is 13.4. The van der Waals surface area contributed by atoms with Crippen LogP contribution in [0.4, 0.5) is 4.79 Å². The number of halogens is 1. The van der Waals surface area contributed by atoms with Gasteiger partial charge >= 0.3 is 6.09 Å². The Morgan fingerprint density at radius 3 is 2.57 bits per heavy atom. The molecule has 2 aliphatic rings. The molecule has 184 valence electrons. The molecule has 2 aromatic heterocycles. The summed E-state index contributed by atoms with van der Waals surface area (Å²) < 4.78 is 13.4. The Morgan fingerprint density at radius 2 is 1.83 bits per heavy atom. The largest absolute Gasteiger partial charge is 0.489 e. The Hall–Kier alpha value is -3.33. The lowest BCUT2D eigenvalue weighted by Crippen LogP contribution is -2.44. The van der Waals surface area contributed by atoms with E-state index in [9.17, 15) is 9.59 Å². The second-order valence-corrected chi connectivity index (χ2v) is 10.3. The number of aromatic nitrogens is 3. The van der Waals surface area contributed by atoms with E-state index in [1.54, 1.807) is 32.8 Å². The molecule has 2 aliphatic heterocycles. The minimum atomic E-state index is -0.522. The normalized spacial score (nSPS) is 16.5. The fraction of sp³-hybridized carbons (Fsp3) is 0.440. The van der Waals surface area contributed by atoms with Crippen molar-refractivity contribution in [3.63, 3.8) is 0 Å². The minimum absolute atomic E-state index is 0.0865. The summed E-state index contributed by atoms with van der Waals surface area (Å²) in [5, 5.41) is 5.05. The molecule has 3 aromatic rings. The van der Waals surface area contributed by atoms with E-state index in [1.807, 2.05) is 39.0 Å². The van der Waals surface area contributed by atoms with E-state index in [0.717, 1.165) is 11.3 Å². The first kappa shape index (κ1) is 23.4. The average molecular weight is 498 g/mol. The van der Waals surface area contributed by atoms with E-state index < -0.39 is 5.60 Å². The Morgan fingerprint density at radius 1 is 1.09 bits per heavy atom. The molecule has 35 heavy (non-hydrogen) atoms. The van der Waals surface area contributed by atoms with Crippen molar-refractivity contribution in [2.45, 2.75) is 58.4 Å². The van der Waals surface area contributed by atoms with Gasteiger partial charge in [0.1, 0.15) is 17.5 Å². The number of fused-ring (bicyclic) bond motifs is 3. The Labute approximate surface area is 208 Å². The van der Waals surface area contributed by atoms with Crippen molar-refractivity contribution in [2.24, 2.45) is 0 Å². The fourth-order valence-electron chi connectivity index (χ4n) is 4.44. The van der Waals surface area contributed by atoms with Gasteiger partial charge in [-0.25, -0.2) is 14.3 Å². The van der Waals surface area contributed by atoms with Crippen molar-refractivity contribution >= 4 is 29.2 Å². The van der Waals surface area contributed by atoms with Gasteiger partial charge in [0.25, 0.3) is 5.91 Å². The van der Waals surface area contributed by atoms with Crippen molar-refractivity contribution in [1.82, 2.24) is 24.4 Å². The lowest BCUT2D eigenvalue weighted by Gasteiger charge is -2.33. The van der Waals surface area contributed by atoms with Crippen LogP contribution in [0.15, 0.2) is 36.7 Å². The van der Waals surface area contributed by atoms with Gasteiger partial charge in [0.2, 0.25) is 0 Å². The van der Waals surface area contributed by atoms with Crippen LogP contribution >= 0.6 is 11.6 Å². The van der Waals surface area contributed by atoms with Gasteiger partial charge in [0.05, 0.1) is 35.6 Å². The van der Waals surface area contributed by atoms with E-state index in [0.29, 0.717) is 61.0 Å². The van der Waals surface area contributed by atoms with Crippen molar-refractivity contribution in [2.75, 3.05) is 13.1 Å². The second-order valence-electron chi connectivity index (χ2n) is 9.91. The minimum Gasteiger partial charge on any atom is -0.489 e. The van der Waals surface area contributed by atoms with Crippen LogP contribution in [0.3, 0.4) is 0 Å². The summed E-state index contributed by atoms with van der Waals surface area (Å²) in [7, 11) is 0. The van der Waals surface area contributed by atoms with Crippen LogP contribution in [-0.4, -0.2) is 61.2 Å². The topological polar surface area (TPSA) is 89.3 Å². The second kappa shape index (κ2) is 9.03. The third-order valence-corrected chi connectivity index (χ3v) is 6.30. The zero-order chi connectivity index (χ0) is 24.7. The highest BCUT2D eigenvalue weighted by molar-refractivity contribution is 6.30. The molecule has 2 amide bonds. The molecule has 0 saturated carbocycles. The van der Waals surface area contributed by atoms with Crippen LogP contribution in [0, 0.1) is 0 Å². The number of rotatable bonds is 3. The molecule has 1 fully saturated rings. The van der Waals surface area contributed by atoms with Crippen molar-refractivity contribution in [3.8, 4) is 5.75 Å². The Kier molecular flexibility index (Phi) is 6.04. The molecule has 0 atom stereocenters. The summed E-state index contributed by atoms with van der Waals surface area (Å²) in [4.78, 5) is 33.6. The van der Waals surface area contributed by atoms with Gasteiger partial charge < -0.3 is 19.3 Å². The van der Waals surface area contributed by atoms with Crippen LogP contribution in [0.2, 0.25) is 5.02 Å². The van der Waals surface area contributed by atoms with Gasteiger partial charge in [-0.2, -0.15) is 5.10 Å². The third kappa shape index (κ3) is 4.91. The number of benzene rings is 1. The van der Waals surface area contributed by atoms with Crippen LogP contribution in [-0.2, 0) is 17.8 Å². The first-order valence-electron chi connectivity index (χ1n) is 11.7. The predicted molar refractivity (Wildman–Crippen MR) is 129 cm³/mol. The number of ether oxygens (including phenoxy) is 2. The Balaban J connectivity index is 1.24. The molecule has 0 bridgehead atoms. The summed E-state index contributed by atoms with van der Waals surface area (Å²) in [5.41, 5.74) is 2.45. The number of likely N-dealkylation sites (tertiary alicyclic amines) is 1. The number of para-hydroxylation sites is 1. The number of hydrogen-bond acceptors (Lipinski definition) is 6. The highest BCUT2D eigenvalue weighted by atomic mass is 35.5. The van der Waals surface area contributed by atoms with Gasteiger partial charge in [-0.15, -0.1) is 0 Å². The number of amides is 2. The smallest absolute Gasteiger partial charge is 0.410 e. The molecular weight excluding hydrogens is 470 g/mol. The fourth-order valence-corrected chi connectivity index (χ4v) is 4.59. The monoisotopic (exact) mass is 497 g/mol.